The number of amides is 1. The van der Waals surface area contributed by atoms with E-state index < -0.39 is 10.1 Å². The van der Waals surface area contributed by atoms with E-state index in [4.69, 9.17) is 25.9 Å². The van der Waals surface area contributed by atoms with Gasteiger partial charge in [0.2, 0.25) is 0 Å². The topological polar surface area (TPSA) is 112 Å². The molecule has 1 aromatic heterocycles. The predicted octanol–water partition coefficient (Wildman–Crippen LogP) is 5.28. The highest BCUT2D eigenvalue weighted by Gasteiger charge is 2.19. The molecule has 1 saturated heterocycles. The Kier molecular flexibility index (Phi) is 10.7. The molecule has 1 amide bonds. The molecule has 1 aliphatic rings. The molecule has 0 unspecified atom stereocenters. The van der Waals surface area contributed by atoms with E-state index in [1.165, 1.54) is 0 Å². The number of nitrogens with one attached hydrogen (secondary N) is 1. The van der Waals surface area contributed by atoms with Crippen LogP contribution < -0.4 is 15.0 Å². The summed E-state index contributed by atoms with van der Waals surface area (Å²) in [6.45, 7) is 5.42. The van der Waals surface area contributed by atoms with E-state index in [1.54, 1.807) is 13.2 Å². The molecular weight excluding hydrogens is 574 g/mol. The number of hydrogen-bond donors (Lipinski definition) is 2. The molecule has 2 heterocycles. The van der Waals surface area contributed by atoms with Crippen LogP contribution in [0.4, 0.5) is 5.69 Å². The molecule has 9 nitrogen and oxygen atoms in total. The Balaban J connectivity index is 0.000000748. The summed E-state index contributed by atoms with van der Waals surface area (Å²) in [5.41, 5.74) is 3.11. The second kappa shape index (κ2) is 14.4. The number of piperazine rings is 1. The van der Waals surface area contributed by atoms with E-state index in [1.807, 2.05) is 66.7 Å². The summed E-state index contributed by atoms with van der Waals surface area (Å²) < 4.78 is 38.3. The zero-order valence-corrected chi connectivity index (χ0v) is 25.3. The van der Waals surface area contributed by atoms with Gasteiger partial charge in [0.1, 0.15) is 17.1 Å². The van der Waals surface area contributed by atoms with Crippen molar-refractivity contribution in [1.29, 1.82) is 0 Å². The van der Waals surface area contributed by atoms with Gasteiger partial charge >= 0.3 is 0 Å². The van der Waals surface area contributed by atoms with E-state index in [2.05, 4.69) is 21.2 Å². The van der Waals surface area contributed by atoms with Crippen LogP contribution in [0.5, 0.6) is 5.75 Å². The Morgan fingerprint density at radius 2 is 1.67 bits per heavy atom. The van der Waals surface area contributed by atoms with Crippen LogP contribution >= 0.6 is 12.2 Å². The van der Waals surface area contributed by atoms with E-state index >= 15 is 0 Å². The molecule has 1 aliphatic heterocycles. The second-order valence-electron chi connectivity index (χ2n) is 9.87. The number of methoxy groups -OCH3 is 1. The Morgan fingerprint density at radius 1 is 1.00 bits per heavy atom. The van der Waals surface area contributed by atoms with Crippen molar-refractivity contribution in [3.8, 4) is 17.1 Å². The summed E-state index contributed by atoms with van der Waals surface area (Å²) in [5, 5.41) is 3.85. The van der Waals surface area contributed by atoms with Crippen LogP contribution in [-0.2, 0) is 10.1 Å². The molecule has 42 heavy (non-hydrogen) atoms. The lowest BCUT2D eigenvalue weighted by Gasteiger charge is -2.36. The standard InChI is InChI=1S/C30H31N3O3S.CH4O3S/c1-35-26-14-6-5-13-25(26)33-19-17-32(18-20-33)16-8-15-31-30(34)24-12-7-11-23-28(37)21-27(36-29(23)24)22-9-3-2-4-10-22;1-5(2,3)4/h2-7,9-14,21H,8,15-20H2,1H3,(H,31,34);1H3,(H,2,3,4). The highest BCUT2D eigenvalue weighted by molar-refractivity contribution is 7.85. The largest absolute Gasteiger partial charge is 0.495 e. The molecule has 5 rings (SSSR count). The van der Waals surface area contributed by atoms with E-state index in [0.29, 0.717) is 34.2 Å². The maximum atomic E-state index is 13.1. The van der Waals surface area contributed by atoms with Gasteiger partial charge in [0.05, 0.1) is 29.1 Å². The Hall–Kier alpha value is -3.77. The van der Waals surface area contributed by atoms with Gasteiger partial charge in [0, 0.05) is 49.7 Å². The van der Waals surface area contributed by atoms with Crippen LogP contribution in [0, 0.1) is 4.51 Å². The number of ether oxygens (including phenoxy) is 1. The number of hydrogen-bond acceptors (Lipinski definition) is 8. The Bertz CT molecular complexity index is 1660. The first kappa shape index (κ1) is 31.2. The third-order valence-corrected chi connectivity index (χ3v) is 7.13. The molecule has 0 radical (unpaired) electrons. The van der Waals surface area contributed by atoms with E-state index in [9.17, 15) is 13.2 Å². The maximum Gasteiger partial charge on any atom is 0.261 e. The van der Waals surface area contributed by atoms with Crippen LogP contribution in [0.3, 0.4) is 0 Å². The van der Waals surface area contributed by atoms with Crippen LogP contribution in [-0.4, -0.2) is 76.4 Å². The van der Waals surface area contributed by atoms with Gasteiger partial charge in [-0.2, -0.15) is 8.42 Å². The van der Waals surface area contributed by atoms with Crippen molar-refractivity contribution in [2.75, 3.05) is 57.5 Å². The molecule has 0 bridgehead atoms. The van der Waals surface area contributed by atoms with Gasteiger partial charge in [-0.25, -0.2) is 0 Å². The number of rotatable bonds is 8. The SMILES string of the molecule is COc1ccccc1N1CCN(CCCNC(=O)c2cccc3c(=S)cc(-c4ccccc4)oc23)CC1.CS(=O)(=O)O. The van der Waals surface area contributed by atoms with Crippen LogP contribution in [0.15, 0.2) is 83.3 Å². The van der Waals surface area contributed by atoms with Crippen molar-refractivity contribution >= 4 is 44.9 Å². The predicted molar refractivity (Wildman–Crippen MR) is 169 cm³/mol. The first-order valence-electron chi connectivity index (χ1n) is 13.6. The molecule has 0 aliphatic carbocycles. The van der Waals surface area contributed by atoms with Crippen LogP contribution in [0.25, 0.3) is 22.3 Å². The first-order valence-corrected chi connectivity index (χ1v) is 15.8. The second-order valence-corrected chi connectivity index (χ2v) is 11.8. The van der Waals surface area contributed by atoms with Crippen molar-refractivity contribution in [2.45, 2.75) is 6.42 Å². The minimum atomic E-state index is -3.67. The summed E-state index contributed by atoms with van der Waals surface area (Å²) in [6, 6.07) is 25.4. The molecular formula is C31H35N3O6S2. The molecule has 3 aromatic carbocycles. The highest BCUT2D eigenvalue weighted by atomic mass is 32.2. The fourth-order valence-corrected chi connectivity index (χ4v) is 5.07. The van der Waals surface area contributed by atoms with Crippen molar-refractivity contribution in [3.05, 3.63) is 88.9 Å². The van der Waals surface area contributed by atoms with Gasteiger partial charge in [-0.15, -0.1) is 0 Å². The summed E-state index contributed by atoms with van der Waals surface area (Å²) in [7, 11) is -1.95. The Morgan fingerprint density at radius 3 is 2.36 bits per heavy atom. The van der Waals surface area contributed by atoms with Crippen molar-refractivity contribution < 1.29 is 26.9 Å². The molecule has 1 fully saturated rings. The molecule has 0 atom stereocenters. The fraction of sp³-hybridized carbons (Fsp3) is 0.290. The van der Waals surface area contributed by atoms with Gasteiger partial charge in [-0.3, -0.25) is 14.2 Å². The van der Waals surface area contributed by atoms with Crippen LogP contribution in [0.2, 0.25) is 0 Å². The number of carbonyl (C=O) groups excluding carboxylic acids is 1. The van der Waals surface area contributed by atoms with Crippen molar-refractivity contribution in [3.63, 3.8) is 0 Å². The zero-order chi connectivity index (χ0) is 30.1. The minimum absolute atomic E-state index is 0.144. The minimum Gasteiger partial charge on any atom is -0.495 e. The third kappa shape index (κ3) is 8.62. The monoisotopic (exact) mass is 609 g/mol. The van der Waals surface area contributed by atoms with Gasteiger partial charge in [-0.05, 0) is 37.2 Å². The summed E-state index contributed by atoms with van der Waals surface area (Å²) in [5.74, 6) is 1.43. The summed E-state index contributed by atoms with van der Waals surface area (Å²) >= 11 is 5.61. The number of benzene rings is 3. The van der Waals surface area contributed by atoms with Gasteiger partial charge in [0.25, 0.3) is 16.0 Å². The van der Waals surface area contributed by atoms with Crippen molar-refractivity contribution in [2.24, 2.45) is 0 Å². The first-order chi connectivity index (χ1) is 20.1. The van der Waals surface area contributed by atoms with E-state index in [-0.39, 0.29) is 5.91 Å². The lowest BCUT2D eigenvalue weighted by Crippen LogP contribution is -2.47. The van der Waals surface area contributed by atoms with Crippen LogP contribution in [0.1, 0.15) is 16.8 Å². The number of fused-ring (bicyclic) bond motifs is 1. The number of nitrogens with zero attached hydrogens (tertiary/aromatic N) is 2. The van der Waals surface area contributed by atoms with Gasteiger partial charge in [-0.1, -0.05) is 60.7 Å². The lowest BCUT2D eigenvalue weighted by molar-refractivity contribution is 0.0952. The third-order valence-electron chi connectivity index (χ3n) is 6.79. The molecule has 0 saturated carbocycles. The fourth-order valence-electron chi connectivity index (χ4n) is 4.80. The molecule has 222 valence electrons. The number of para-hydroxylation sites is 3. The zero-order valence-electron chi connectivity index (χ0n) is 23.7. The average molecular weight is 610 g/mol. The molecule has 4 aromatic rings. The smallest absolute Gasteiger partial charge is 0.261 e. The van der Waals surface area contributed by atoms with Gasteiger partial charge in [0.15, 0.2) is 0 Å². The highest BCUT2D eigenvalue weighted by Crippen LogP contribution is 2.29. The van der Waals surface area contributed by atoms with Gasteiger partial charge < -0.3 is 19.4 Å². The summed E-state index contributed by atoms with van der Waals surface area (Å²) in [6.07, 6.45) is 1.59. The van der Waals surface area contributed by atoms with Crippen molar-refractivity contribution in [1.82, 2.24) is 10.2 Å². The molecule has 0 spiro atoms. The number of carbonyl (C=O) groups is 1. The average Bonchev–Trinajstić information content (AvgIpc) is 2.99. The van der Waals surface area contributed by atoms with E-state index in [0.717, 1.165) is 61.5 Å². The lowest BCUT2D eigenvalue weighted by atomic mass is 10.1. The maximum absolute atomic E-state index is 13.1. The molecule has 11 heteroatoms. The normalized spacial score (nSPS) is 13.7. The number of anilines is 1. The Labute approximate surface area is 251 Å². The quantitative estimate of drug-likeness (QED) is 0.156. The molecule has 2 N–H and O–H groups in total. The summed E-state index contributed by atoms with van der Waals surface area (Å²) in [4.78, 5) is 17.9.